The van der Waals surface area contributed by atoms with Crippen LogP contribution >= 0.6 is 11.8 Å². The maximum Gasteiger partial charge on any atom is 0.290 e. The molecule has 5 nitrogen and oxygen atoms in total. The number of imide groups is 1. The van der Waals surface area contributed by atoms with Crippen molar-refractivity contribution < 1.29 is 14.0 Å². The van der Waals surface area contributed by atoms with Gasteiger partial charge in [-0.3, -0.25) is 14.5 Å². The Labute approximate surface area is 149 Å². The van der Waals surface area contributed by atoms with Gasteiger partial charge in [-0.1, -0.05) is 17.7 Å². The molecule has 1 aliphatic heterocycles. The summed E-state index contributed by atoms with van der Waals surface area (Å²) in [4.78, 5) is 25.7. The lowest BCUT2D eigenvalue weighted by Gasteiger charge is -2.15. The first-order chi connectivity index (χ1) is 12.0. The van der Waals surface area contributed by atoms with Gasteiger partial charge in [-0.25, -0.2) is 4.39 Å². The van der Waals surface area contributed by atoms with Crippen molar-refractivity contribution in [2.75, 3.05) is 23.7 Å². The number of nitrogens with one attached hydrogen (secondary N) is 2. The number of carbonyl (C=O) groups is 2. The maximum absolute atomic E-state index is 12.9. The predicted molar refractivity (Wildman–Crippen MR) is 98.2 cm³/mol. The topological polar surface area (TPSA) is 61.4 Å². The number of anilines is 2. The maximum atomic E-state index is 12.9. The molecule has 0 aromatic heterocycles. The number of carbonyl (C=O) groups excluding carboxylic acids is 2. The zero-order chi connectivity index (χ0) is 17.8. The van der Waals surface area contributed by atoms with Crippen LogP contribution in [0.2, 0.25) is 0 Å². The van der Waals surface area contributed by atoms with Gasteiger partial charge in [-0.15, -0.1) is 0 Å². The molecular formula is C18H18FN3O2S. The van der Waals surface area contributed by atoms with E-state index in [0.29, 0.717) is 18.8 Å². The summed E-state index contributed by atoms with van der Waals surface area (Å²) in [6.45, 7) is 2.78. The molecule has 2 aromatic carbocycles. The lowest BCUT2D eigenvalue weighted by molar-refractivity contribution is -0.126. The molecule has 2 aromatic rings. The average molecular weight is 359 g/mol. The molecule has 2 N–H and O–H groups in total. The molecule has 0 aliphatic carbocycles. The van der Waals surface area contributed by atoms with Gasteiger partial charge in [0, 0.05) is 24.5 Å². The number of amides is 2. The highest BCUT2D eigenvalue weighted by Crippen LogP contribution is 2.28. The van der Waals surface area contributed by atoms with Crippen molar-refractivity contribution in [3.8, 4) is 0 Å². The van der Waals surface area contributed by atoms with Gasteiger partial charge in [-0.05, 0) is 55.1 Å². The zero-order valence-corrected chi connectivity index (χ0v) is 14.5. The van der Waals surface area contributed by atoms with Gasteiger partial charge in [0.1, 0.15) is 5.82 Å². The Hall–Kier alpha value is -2.54. The minimum absolute atomic E-state index is 0.282. The van der Waals surface area contributed by atoms with E-state index in [1.165, 1.54) is 34.7 Å². The van der Waals surface area contributed by atoms with Crippen LogP contribution in [0.25, 0.3) is 0 Å². The first-order valence-electron chi connectivity index (χ1n) is 7.87. The Morgan fingerprint density at radius 2 is 1.68 bits per heavy atom. The van der Waals surface area contributed by atoms with Crippen LogP contribution in [0.1, 0.15) is 5.56 Å². The quantitative estimate of drug-likeness (QED) is 0.824. The van der Waals surface area contributed by atoms with E-state index in [1.54, 1.807) is 0 Å². The highest BCUT2D eigenvalue weighted by molar-refractivity contribution is 8.15. The van der Waals surface area contributed by atoms with Crippen LogP contribution in [0.15, 0.2) is 48.5 Å². The van der Waals surface area contributed by atoms with Crippen molar-refractivity contribution in [2.24, 2.45) is 0 Å². The van der Waals surface area contributed by atoms with E-state index in [0.717, 1.165) is 17.4 Å². The standard InChI is InChI=1S/C18H18FN3O2S/c1-12-2-6-14(7-3-12)20-10-11-22-17(23)16(25-18(22)24)21-15-8-4-13(19)5-9-15/h2-9,16,20-21H,10-11H2,1H3/t16-/m0/s1. The van der Waals surface area contributed by atoms with E-state index in [-0.39, 0.29) is 17.0 Å². The van der Waals surface area contributed by atoms with Crippen LogP contribution in [0, 0.1) is 12.7 Å². The second-order valence-electron chi connectivity index (χ2n) is 5.70. The molecule has 130 valence electrons. The molecule has 3 rings (SSSR count). The van der Waals surface area contributed by atoms with E-state index in [1.807, 2.05) is 31.2 Å². The molecule has 1 atom stereocenters. The summed E-state index contributed by atoms with van der Waals surface area (Å²) in [5.74, 6) is -0.638. The van der Waals surface area contributed by atoms with Crippen molar-refractivity contribution >= 4 is 34.3 Å². The summed E-state index contributed by atoms with van der Waals surface area (Å²) in [5.41, 5.74) is 2.71. The molecule has 0 saturated carbocycles. The molecule has 25 heavy (non-hydrogen) atoms. The molecule has 0 unspecified atom stereocenters. The van der Waals surface area contributed by atoms with Gasteiger partial charge in [0.15, 0.2) is 5.37 Å². The first kappa shape index (κ1) is 17.3. The summed E-state index contributed by atoms with van der Waals surface area (Å²) >= 11 is 0.934. The minimum Gasteiger partial charge on any atom is -0.383 e. The largest absolute Gasteiger partial charge is 0.383 e. The van der Waals surface area contributed by atoms with E-state index in [4.69, 9.17) is 0 Å². The molecular weight excluding hydrogens is 341 g/mol. The van der Waals surface area contributed by atoms with Crippen LogP contribution in [-0.4, -0.2) is 34.5 Å². The Morgan fingerprint density at radius 1 is 1.04 bits per heavy atom. The molecule has 1 heterocycles. The van der Waals surface area contributed by atoms with Crippen LogP contribution < -0.4 is 10.6 Å². The number of benzene rings is 2. The molecule has 0 spiro atoms. The first-order valence-corrected chi connectivity index (χ1v) is 8.75. The smallest absolute Gasteiger partial charge is 0.290 e. The lowest BCUT2D eigenvalue weighted by Crippen LogP contribution is -2.37. The third-order valence-corrected chi connectivity index (χ3v) is 4.76. The van der Waals surface area contributed by atoms with Crippen LogP contribution in [0.4, 0.5) is 20.6 Å². The van der Waals surface area contributed by atoms with E-state index in [9.17, 15) is 14.0 Å². The number of aryl methyl sites for hydroxylation is 1. The fourth-order valence-corrected chi connectivity index (χ4v) is 3.35. The van der Waals surface area contributed by atoms with Gasteiger partial charge >= 0.3 is 0 Å². The van der Waals surface area contributed by atoms with Crippen LogP contribution in [0.3, 0.4) is 0 Å². The van der Waals surface area contributed by atoms with Crippen molar-refractivity contribution in [3.63, 3.8) is 0 Å². The fourth-order valence-electron chi connectivity index (χ4n) is 2.42. The van der Waals surface area contributed by atoms with Gasteiger partial charge in [0.25, 0.3) is 11.1 Å². The van der Waals surface area contributed by atoms with Crippen molar-refractivity contribution in [3.05, 3.63) is 59.9 Å². The van der Waals surface area contributed by atoms with Gasteiger partial charge in [0.05, 0.1) is 0 Å². The Bertz CT molecular complexity index is 765. The third kappa shape index (κ3) is 4.30. The summed E-state index contributed by atoms with van der Waals surface area (Å²) < 4.78 is 12.9. The summed E-state index contributed by atoms with van der Waals surface area (Å²) in [5, 5.41) is 5.18. The molecule has 0 radical (unpaired) electrons. The molecule has 1 aliphatic rings. The molecule has 1 saturated heterocycles. The number of hydrogen-bond acceptors (Lipinski definition) is 5. The predicted octanol–water partition coefficient (Wildman–Crippen LogP) is 3.68. The Kier molecular flexibility index (Phi) is 5.23. The number of rotatable bonds is 6. The van der Waals surface area contributed by atoms with Crippen LogP contribution in [0.5, 0.6) is 0 Å². The van der Waals surface area contributed by atoms with Gasteiger partial charge in [-0.2, -0.15) is 0 Å². The van der Waals surface area contributed by atoms with Crippen molar-refractivity contribution in [1.29, 1.82) is 0 Å². The second-order valence-corrected chi connectivity index (χ2v) is 6.75. The highest BCUT2D eigenvalue weighted by Gasteiger charge is 2.39. The van der Waals surface area contributed by atoms with Crippen molar-refractivity contribution in [1.82, 2.24) is 4.90 Å². The zero-order valence-electron chi connectivity index (χ0n) is 13.7. The molecule has 2 amide bonds. The number of thioether (sulfide) groups is 1. The van der Waals surface area contributed by atoms with E-state index >= 15 is 0 Å². The molecule has 0 bridgehead atoms. The van der Waals surface area contributed by atoms with E-state index in [2.05, 4.69) is 10.6 Å². The third-order valence-electron chi connectivity index (χ3n) is 3.79. The lowest BCUT2D eigenvalue weighted by atomic mass is 10.2. The Morgan fingerprint density at radius 3 is 2.36 bits per heavy atom. The molecule has 1 fully saturated rings. The fraction of sp³-hybridized carbons (Fsp3) is 0.222. The number of nitrogens with zero attached hydrogens (tertiary/aromatic N) is 1. The second kappa shape index (κ2) is 7.57. The average Bonchev–Trinajstić information content (AvgIpc) is 2.86. The van der Waals surface area contributed by atoms with Gasteiger partial charge < -0.3 is 10.6 Å². The summed E-state index contributed by atoms with van der Waals surface area (Å²) in [6, 6.07) is 13.6. The minimum atomic E-state index is -0.683. The van der Waals surface area contributed by atoms with Gasteiger partial charge in [0.2, 0.25) is 0 Å². The number of hydrogen-bond donors (Lipinski definition) is 2. The summed E-state index contributed by atoms with van der Waals surface area (Å²) in [7, 11) is 0. The number of halogens is 1. The Balaban J connectivity index is 1.53. The summed E-state index contributed by atoms with van der Waals surface area (Å²) in [6.07, 6.45) is 0. The van der Waals surface area contributed by atoms with Crippen molar-refractivity contribution in [2.45, 2.75) is 12.3 Å². The SMILES string of the molecule is Cc1ccc(NCCN2C(=O)S[C@H](Nc3ccc(F)cc3)C2=O)cc1. The highest BCUT2D eigenvalue weighted by atomic mass is 32.2. The van der Waals surface area contributed by atoms with Crippen LogP contribution in [-0.2, 0) is 4.79 Å². The molecule has 7 heteroatoms. The monoisotopic (exact) mass is 359 g/mol. The van der Waals surface area contributed by atoms with E-state index < -0.39 is 5.37 Å². The normalized spacial score (nSPS) is 17.0.